The minimum atomic E-state index is -0.621. The first-order chi connectivity index (χ1) is 12.4. The zero-order valence-corrected chi connectivity index (χ0v) is 17.3. The Morgan fingerprint density at radius 2 is 1.73 bits per heavy atom. The molecule has 0 heterocycles. The summed E-state index contributed by atoms with van der Waals surface area (Å²) in [6.45, 7) is 7.60. The summed E-state index contributed by atoms with van der Waals surface area (Å²) >= 11 is 0. The molecular formula is C24H40O2. The second-order valence-corrected chi connectivity index (χ2v) is 11.0. The highest BCUT2D eigenvalue weighted by Crippen LogP contribution is 2.68. The van der Waals surface area contributed by atoms with Crippen LogP contribution in [-0.4, -0.2) is 11.1 Å². The number of aliphatic carboxylic acids is 1. The molecule has 0 bridgehead atoms. The third-order valence-corrected chi connectivity index (χ3v) is 10.2. The van der Waals surface area contributed by atoms with E-state index in [0.29, 0.717) is 23.2 Å². The van der Waals surface area contributed by atoms with E-state index in [-0.39, 0.29) is 0 Å². The van der Waals surface area contributed by atoms with Crippen LogP contribution in [0.4, 0.5) is 0 Å². The summed E-state index contributed by atoms with van der Waals surface area (Å²) in [4.78, 5) is 11.0. The Labute approximate surface area is 160 Å². The number of rotatable bonds is 4. The second kappa shape index (κ2) is 6.82. The predicted molar refractivity (Wildman–Crippen MR) is 106 cm³/mol. The molecule has 2 heteroatoms. The first-order valence-electron chi connectivity index (χ1n) is 11.6. The normalized spacial score (nSPS) is 49.0. The molecule has 1 N–H and O–H groups in total. The molecular weight excluding hydrogens is 320 g/mol. The number of carbonyl (C=O) groups is 1. The van der Waals surface area contributed by atoms with Crippen molar-refractivity contribution in [2.24, 2.45) is 46.3 Å². The summed E-state index contributed by atoms with van der Waals surface area (Å²) in [5.74, 6) is 4.57. The lowest BCUT2D eigenvalue weighted by atomic mass is 9.44. The summed E-state index contributed by atoms with van der Waals surface area (Å²) < 4.78 is 0. The largest absolute Gasteiger partial charge is 0.481 e. The Hall–Kier alpha value is -0.530. The van der Waals surface area contributed by atoms with E-state index in [9.17, 15) is 4.79 Å². The number of hydrogen-bond donors (Lipinski definition) is 1. The molecule has 0 aromatic carbocycles. The standard InChI is InChI=1S/C24H40O2/c1-16(7-12-22(25)26)19-10-11-20-18-9-8-17-6-4-5-14-23(17,2)21(18)13-15-24(19,20)3/h16-21H,4-15H2,1-3H3,(H,25,26)/t16-,17?,18?,19?,20?,21?,23+,24-/m1/s1. The van der Waals surface area contributed by atoms with E-state index >= 15 is 0 Å². The molecule has 4 fully saturated rings. The Morgan fingerprint density at radius 1 is 0.962 bits per heavy atom. The lowest BCUT2D eigenvalue weighted by Crippen LogP contribution is -2.53. The molecule has 0 saturated heterocycles. The third-order valence-electron chi connectivity index (χ3n) is 10.2. The van der Waals surface area contributed by atoms with E-state index in [0.717, 1.165) is 36.0 Å². The predicted octanol–water partition coefficient (Wildman–Crippen LogP) is 6.54. The highest BCUT2D eigenvalue weighted by Gasteiger charge is 2.60. The molecule has 5 unspecified atom stereocenters. The van der Waals surface area contributed by atoms with Crippen molar-refractivity contribution in [3.63, 3.8) is 0 Å². The van der Waals surface area contributed by atoms with Gasteiger partial charge in [-0.1, -0.05) is 33.6 Å². The number of carboxylic acid groups (broad SMARTS) is 1. The van der Waals surface area contributed by atoms with Crippen LogP contribution in [0, 0.1) is 46.3 Å². The van der Waals surface area contributed by atoms with E-state index in [1.807, 2.05) is 0 Å². The highest BCUT2D eigenvalue weighted by molar-refractivity contribution is 5.66. The minimum absolute atomic E-state index is 0.351. The highest BCUT2D eigenvalue weighted by atomic mass is 16.4. The van der Waals surface area contributed by atoms with Gasteiger partial charge in [0.25, 0.3) is 0 Å². The monoisotopic (exact) mass is 360 g/mol. The first-order valence-corrected chi connectivity index (χ1v) is 11.6. The fourth-order valence-corrected chi connectivity index (χ4v) is 8.82. The van der Waals surface area contributed by atoms with Gasteiger partial charge in [0.1, 0.15) is 0 Å². The fourth-order valence-electron chi connectivity index (χ4n) is 8.82. The fraction of sp³-hybridized carbons (Fsp3) is 0.958. The molecule has 0 radical (unpaired) electrons. The molecule has 148 valence electrons. The van der Waals surface area contributed by atoms with Gasteiger partial charge >= 0.3 is 5.97 Å². The summed E-state index contributed by atoms with van der Waals surface area (Å²) in [5, 5.41) is 9.09. The molecule has 4 saturated carbocycles. The molecule has 4 aliphatic rings. The topological polar surface area (TPSA) is 37.3 Å². The molecule has 0 amide bonds. The van der Waals surface area contributed by atoms with Gasteiger partial charge in [-0.25, -0.2) is 0 Å². The van der Waals surface area contributed by atoms with Crippen molar-refractivity contribution in [1.82, 2.24) is 0 Å². The molecule has 0 aromatic rings. The lowest BCUT2D eigenvalue weighted by molar-refractivity contribution is -0.137. The smallest absolute Gasteiger partial charge is 0.303 e. The molecule has 0 aromatic heterocycles. The summed E-state index contributed by atoms with van der Waals surface area (Å²) in [6.07, 6.45) is 15.7. The van der Waals surface area contributed by atoms with E-state index in [2.05, 4.69) is 20.8 Å². The van der Waals surface area contributed by atoms with Crippen molar-refractivity contribution in [2.45, 2.75) is 97.8 Å². The van der Waals surface area contributed by atoms with Crippen molar-refractivity contribution >= 4 is 5.97 Å². The summed E-state index contributed by atoms with van der Waals surface area (Å²) in [7, 11) is 0. The van der Waals surface area contributed by atoms with Crippen LogP contribution in [0.1, 0.15) is 97.8 Å². The summed E-state index contributed by atoms with van der Waals surface area (Å²) in [5.41, 5.74) is 1.12. The Balaban J connectivity index is 1.52. The lowest BCUT2D eigenvalue weighted by Gasteiger charge is -2.61. The van der Waals surface area contributed by atoms with Gasteiger partial charge in [-0.05, 0) is 104 Å². The SMILES string of the molecule is C[C@H](CCC(=O)O)C1CCC2C3CCC4CCCC[C@]4(C)C3CC[C@@]21C. The number of hydrogen-bond acceptors (Lipinski definition) is 1. The number of carboxylic acids is 1. The molecule has 4 aliphatic carbocycles. The second-order valence-electron chi connectivity index (χ2n) is 11.0. The Morgan fingerprint density at radius 3 is 2.50 bits per heavy atom. The third kappa shape index (κ3) is 2.85. The zero-order valence-electron chi connectivity index (χ0n) is 17.3. The average molecular weight is 361 g/mol. The van der Waals surface area contributed by atoms with Crippen molar-refractivity contribution in [3.05, 3.63) is 0 Å². The van der Waals surface area contributed by atoms with Crippen LogP contribution in [0.25, 0.3) is 0 Å². The van der Waals surface area contributed by atoms with Crippen LogP contribution in [0.5, 0.6) is 0 Å². The minimum Gasteiger partial charge on any atom is -0.481 e. The first kappa shape index (κ1) is 18.8. The Bertz CT molecular complexity index is 542. The quantitative estimate of drug-likeness (QED) is 0.618. The Kier molecular flexibility index (Phi) is 4.93. The maximum absolute atomic E-state index is 11.0. The van der Waals surface area contributed by atoms with E-state index in [4.69, 9.17) is 5.11 Å². The van der Waals surface area contributed by atoms with Crippen LogP contribution in [-0.2, 0) is 4.79 Å². The van der Waals surface area contributed by atoms with Crippen molar-refractivity contribution < 1.29 is 9.90 Å². The van der Waals surface area contributed by atoms with Gasteiger partial charge in [0.05, 0.1) is 0 Å². The van der Waals surface area contributed by atoms with Gasteiger partial charge in [0, 0.05) is 6.42 Å². The average Bonchev–Trinajstić information content (AvgIpc) is 2.96. The summed E-state index contributed by atoms with van der Waals surface area (Å²) in [6, 6.07) is 0. The van der Waals surface area contributed by atoms with Crippen LogP contribution in [0.2, 0.25) is 0 Å². The van der Waals surface area contributed by atoms with Gasteiger partial charge in [-0.3, -0.25) is 4.79 Å². The molecule has 8 atom stereocenters. The molecule has 26 heavy (non-hydrogen) atoms. The van der Waals surface area contributed by atoms with Gasteiger partial charge in [0.15, 0.2) is 0 Å². The van der Waals surface area contributed by atoms with Gasteiger partial charge in [-0.2, -0.15) is 0 Å². The zero-order chi connectivity index (χ0) is 18.5. The van der Waals surface area contributed by atoms with E-state index < -0.39 is 5.97 Å². The van der Waals surface area contributed by atoms with Gasteiger partial charge in [-0.15, -0.1) is 0 Å². The number of fused-ring (bicyclic) bond motifs is 5. The molecule has 4 rings (SSSR count). The van der Waals surface area contributed by atoms with E-state index in [1.165, 1.54) is 64.2 Å². The van der Waals surface area contributed by atoms with Crippen LogP contribution < -0.4 is 0 Å². The van der Waals surface area contributed by atoms with Gasteiger partial charge in [0.2, 0.25) is 0 Å². The maximum atomic E-state index is 11.0. The van der Waals surface area contributed by atoms with E-state index in [1.54, 1.807) is 0 Å². The van der Waals surface area contributed by atoms with Crippen molar-refractivity contribution in [2.75, 3.05) is 0 Å². The maximum Gasteiger partial charge on any atom is 0.303 e. The van der Waals surface area contributed by atoms with Crippen LogP contribution >= 0.6 is 0 Å². The van der Waals surface area contributed by atoms with Crippen molar-refractivity contribution in [1.29, 1.82) is 0 Å². The van der Waals surface area contributed by atoms with Crippen LogP contribution in [0.3, 0.4) is 0 Å². The molecule has 0 aliphatic heterocycles. The van der Waals surface area contributed by atoms with Crippen molar-refractivity contribution in [3.8, 4) is 0 Å². The van der Waals surface area contributed by atoms with Crippen LogP contribution in [0.15, 0.2) is 0 Å². The molecule has 0 spiro atoms. The molecule has 2 nitrogen and oxygen atoms in total. The van der Waals surface area contributed by atoms with Gasteiger partial charge < -0.3 is 5.11 Å².